The first-order chi connectivity index (χ1) is 5.65. The molecule has 0 saturated heterocycles. The zero-order valence-corrected chi connectivity index (χ0v) is 7.16. The Morgan fingerprint density at radius 3 is 2.67 bits per heavy atom. The Morgan fingerprint density at radius 2 is 2.17 bits per heavy atom. The number of rotatable bonds is 2. The first-order valence-electron chi connectivity index (χ1n) is 3.29. The molecule has 0 fully saturated rings. The Morgan fingerprint density at radius 1 is 1.50 bits per heavy atom. The highest BCUT2D eigenvalue weighted by Crippen LogP contribution is 2.24. The average molecular weight is 193 g/mol. The molecule has 0 N–H and O–H groups in total. The summed E-state index contributed by atoms with van der Waals surface area (Å²) < 4.78 is 29.0. The molecule has 0 aliphatic rings. The maximum Gasteiger partial charge on any atom is 0.228 e. The first-order valence-corrected chi connectivity index (χ1v) is 3.67. The summed E-state index contributed by atoms with van der Waals surface area (Å²) in [7, 11) is 0. The van der Waals surface area contributed by atoms with Crippen LogP contribution in [0, 0.1) is 12.7 Å². The van der Waals surface area contributed by atoms with E-state index in [9.17, 15) is 8.78 Å². The topological polar surface area (TPSA) is 9.23 Å². The summed E-state index contributed by atoms with van der Waals surface area (Å²) in [4.78, 5) is 0. The van der Waals surface area contributed by atoms with Crippen LogP contribution >= 0.6 is 11.6 Å². The number of halogens is 3. The first kappa shape index (κ1) is 9.26. The van der Waals surface area contributed by atoms with E-state index in [2.05, 4.69) is 4.74 Å². The predicted molar refractivity (Wildman–Crippen MR) is 42.8 cm³/mol. The van der Waals surface area contributed by atoms with Gasteiger partial charge in [0.2, 0.25) is 6.86 Å². The van der Waals surface area contributed by atoms with Gasteiger partial charge in [0, 0.05) is 6.07 Å². The van der Waals surface area contributed by atoms with Crippen LogP contribution < -0.4 is 4.74 Å². The van der Waals surface area contributed by atoms with Gasteiger partial charge in [0.05, 0.1) is 5.02 Å². The molecule has 66 valence electrons. The van der Waals surface area contributed by atoms with Crippen molar-refractivity contribution in [3.05, 3.63) is 28.5 Å². The maximum absolute atomic E-state index is 12.8. The van der Waals surface area contributed by atoms with Gasteiger partial charge in [0.15, 0.2) is 0 Å². The van der Waals surface area contributed by atoms with Crippen LogP contribution in [0.4, 0.5) is 8.78 Å². The van der Waals surface area contributed by atoms with Gasteiger partial charge in [0.25, 0.3) is 0 Å². The summed E-state index contributed by atoms with van der Waals surface area (Å²) in [6, 6.07) is 2.53. The van der Waals surface area contributed by atoms with Crippen molar-refractivity contribution in [2.75, 3.05) is 6.86 Å². The minimum atomic E-state index is -0.972. The van der Waals surface area contributed by atoms with Crippen molar-refractivity contribution in [1.82, 2.24) is 0 Å². The van der Waals surface area contributed by atoms with E-state index in [1.807, 2.05) is 0 Å². The van der Waals surface area contributed by atoms with Crippen molar-refractivity contribution in [2.24, 2.45) is 0 Å². The summed E-state index contributed by atoms with van der Waals surface area (Å²) >= 11 is 5.53. The predicted octanol–water partition coefficient (Wildman–Crippen LogP) is 3.09. The fraction of sp³-hybridized carbons (Fsp3) is 0.250. The van der Waals surface area contributed by atoms with Crippen LogP contribution in [0.2, 0.25) is 5.02 Å². The van der Waals surface area contributed by atoms with E-state index < -0.39 is 12.7 Å². The smallest absolute Gasteiger partial charge is 0.228 e. The van der Waals surface area contributed by atoms with Crippen LogP contribution in [0.3, 0.4) is 0 Å². The van der Waals surface area contributed by atoms with Crippen LogP contribution in [-0.2, 0) is 0 Å². The maximum atomic E-state index is 12.8. The molecule has 4 heteroatoms. The molecule has 0 aromatic heterocycles. The summed E-state index contributed by atoms with van der Waals surface area (Å²) in [5.41, 5.74) is 0.528. The monoisotopic (exact) mass is 192 g/mol. The van der Waals surface area contributed by atoms with Gasteiger partial charge in [-0.25, -0.2) is 8.78 Å². The van der Waals surface area contributed by atoms with Crippen LogP contribution in [0.25, 0.3) is 0 Å². The molecule has 0 aliphatic heterocycles. The third-order valence-electron chi connectivity index (χ3n) is 1.40. The van der Waals surface area contributed by atoms with Crippen molar-refractivity contribution in [3.63, 3.8) is 0 Å². The lowest BCUT2D eigenvalue weighted by molar-refractivity contribution is 0.191. The third-order valence-corrected chi connectivity index (χ3v) is 1.88. The van der Waals surface area contributed by atoms with E-state index in [0.29, 0.717) is 5.56 Å². The van der Waals surface area contributed by atoms with Crippen molar-refractivity contribution < 1.29 is 13.5 Å². The zero-order valence-electron chi connectivity index (χ0n) is 6.40. The molecule has 1 nitrogen and oxygen atoms in total. The van der Waals surface area contributed by atoms with Crippen molar-refractivity contribution >= 4 is 11.6 Å². The number of benzene rings is 1. The zero-order chi connectivity index (χ0) is 9.14. The normalized spacial score (nSPS) is 10.0. The average Bonchev–Trinajstić information content (AvgIpc) is 2.01. The van der Waals surface area contributed by atoms with Gasteiger partial charge in [-0.1, -0.05) is 11.6 Å². The van der Waals surface area contributed by atoms with Crippen molar-refractivity contribution in [3.8, 4) is 5.75 Å². The van der Waals surface area contributed by atoms with Crippen LogP contribution in [-0.4, -0.2) is 6.86 Å². The number of hydrogen-bond donors (Lipinski definition) is 0. The number of ether oxygens (including phenoxy) is 1. The Bertz CT molecular complexity index is 265. The van der Waals surface area contributed by atoms with E-state index >= 15 is 0 Å². The SMILES string of the molecule is Cc1cc(OCF)cc(F)c1Cl. The van der Waals surface area contributed by atoms with Crippen molar-refractivity contribution in [1.29, 1.82) is 0 Å². The van der Waals surface area contributed by atoms with Crippen LogP contribution in [0.1, 0.15) is 5.56 Å². The summed E-state index contributed by atoms with van der Waals surface area (Å²) in [5.74, 6) is -0.447. The minimum absolute atomic E-state index is 0.0428. The van der Waals surface area contributed by atoms with Crippen molar-refractivity contribution in [2.45, 2.75) is 6.92 Å². The van der Waals surface area contributed by atoms with E-state index in [4.69, 9.17) is 11.6 Å². The molecule has 0 atom stereocenters. The lowest BCUT2D eigenvalue weighted by Gasteiger charge is -2.04. The third kappa shape index (κ3) is 1.85. The highest BCUT2D eigenvalue weighted by atomic mass is 35.5. The molecule has 12 heavy (non-hydrogen) atoms. The highest BCUT2D eigenvalue weighted by Gasteiger charge is 2.05. The molecule has 1 rings (SSSR count). The standard InChI is InChI=1S/C8H7ClF2O/c1-5-2-6(12-4-10)3-7(11)8(5)9/h2-3H,4H2,1H3. The van der Waals surface area contributed by atoms with Gasteiger partial charge in [-0.15, -0.1) is 0 Å². The molecule has 0 bridgehead atoms. The molecule has 0 saturated carbocycles. The van der Waals surface area contributed by atoms with Gasteiger partial charge < -0.3 is 4.74 Å². The Hall–Kier alpha value is -0.830. The lowest BCUT2D eigenvalue weighted by Crippen LogP contribution is -1.92. The lowest BCUT2D eigenvalue weighted by atomic mass is 10.2. The summed E-state index contributed by atoms with van der Waals surface area (Å²) in [6.45, 7) is 0.650. The molecule has 1 aromatic carbocycles. The quantitative estimate of drug-likeness (QED) is 0.700. The van der Waals surface area contributed by atoms with Gasteiger partial charge in [-0.2, -0.15) is 0 Å². The Labute approximate surface area is 73.9 Å². The van der Waals surface area contributed by atoms with Crippen LogP contribution in [0.15, 0.2) is 12.1 Å². The fourth-order valence-corrected chi connectivity index (χ4v) is 0.950. The molecule has 0 radical (unpaired) electrons. The van der Waals surface area contributed by atoms with Gasteiger partial charge in [0.1, 0.15) is 11.6 Å². The molecular formula is C8H7ClF2O. The molecule has 0 heterocycles. The summed E-state index contributed by atoms with van der Waals surface area (Å²) in [5, 5.41) is 0.0428. The van der Waals surface area contributed by atoms with Gasteiger partial charge in [-0.05, 0) is 18.6 Å². The second-order valence-corrected chi connectivity index (χ2v) is 2.67. The van der Waals surface area contributed by atoms with E-state index in [1.54, 1.807) is 6.92 Å². The Kier molecular flexibility index (Phi) is 2.87. The Balaban J connectivity index is 3.04. The number of alkyl halides is 1. The molecule has 1 aromatic rings. The largest absolute Gasteiger partial charge is 0.463 e. The number of aryl methyl sites for hydroxylation is 1. The van der Waals surface area contributed by atoms with Crippen LogP contribution in [0.5, 0.6) is 5.75 Å². The van der Waals surface area contributed by atoms with E-state index in [-0.39, 0.29) is 10.8 Å². The van der Waals surface area contributed by atoms with Gasteiger partial charge >= 0.3 is 0 Å². The minimum Gasteiger partial charge on any atom is -0.463 e. The highest BCUT2D eigenvalue weighted by molar-refractivity contribution is 6.31. The molecular weight excluding hydrogens is 186 g/mol. The number of hydrogen-bond acceptors (Lipinski definition) is 1. The second-order valence-electron chi connectivity index (χ2n) is 2.29. The second kappa shape index (κ2) is 3.72. The van der Waals surface area contributed by atoms with E-state index in [1.165, 1.54) is 6.07 Å². The van der Waals surface area contributed by atoms with E-state index in [0.717, 1.165) is 6.07 Å². The molecule has 0 aliphatic carbocycles. The molecule has 0 unspecified atom stereocenters. The summed E-state index contributed by atoms with van der Waals surface area (Å²) in [6.07, 6.45) is 0. The molecule has 0 amide bonds. The fourth-order valence-electron chi connectivity index (χ4n) is 0.841. The molecule has 0 spiro atoms. The van der Waals surface area contributed by atoms with Gasteiger partial charge in [-0.3, -0.25) is 0 Å².